The molecule has 0 aromatic heterocycles. The van der Waals surface area contributed by atoms with E-state index < -0.39 is 11.5 Å². The van der Waals surface area contributed by atoms with E-state index in [0.29, 0.717) is 6.42 Å². The number of unbranched alkanes of at least 4 members (excludes halogenated alkanes) is 10. The van der Waals surface area contributed by atoms with Gasteiger partial charge in [-0.3, -0.25) is 0 Å². The van der Waals surface area contributed by atoms with Gasteiger partial charge in [0.05, 0.1) is 14.1 Å². The van der Waals surface area contributed by atoms with Gasteiger partial charge >= 0.3 is 0 Å². The summed E-state index contributed by atoms with van der Waals surface area (Å²) in [5.41, 5.74) is -0.795. The summed E-state index contributed by atoms with van der Waals surface area (Å²) in [4.78, 5) is 12.2. The Balaban J connectivity index is 3.35. The van der Waals surface area contributed by atoms with E-state index >= 15 is 0 Å². The molecule has 150 valence electrons. The van der Waals surface area contributed by atoms with Crippen LogP contribution in [-0.4, -0.2) is 38.8 Å². The predicted molar refractivity (Wildman–Crippen MR) is 103 cm³/mol. The topological polar surface area (TPSA) is 53.8 Å². The van der Waals surface area contributed by atoms with Crippen LogP contribution in [-0.2, 0) is 9.53 Å². The van der Waals surface area contributed by atoms with Gasteiger partial charge < -0.3 is 19.5 Å². The van der Waals surface area contributed by atoms with E-state index in [2.05, 4.69) is 6.92 Å². The molecule has 0 rings (SSSR count). The van der Waals surface area contributed by atoms with Gasteiger partial charge in [0, 0.05) is 19.6 Å². The number of nitrogens with one attached hydrogen (secondary N) is 1. The first-order chi connectivity index (χ1) is 11.9. The van der Waals surface area contributed by atoms with E-state index in [9.17, 15) is 9.90 Å². The van der Waals surface area contributed by atoms with Crippen molar-refractivity contribution in [1.82, 2.24) is 0 Å². The van der Waals surface area contributed by atoms with Crippen LogP contribution < -0.4 is 10.0 Å². The van der Waals surface area contributed by atoms with Gasteiger partial charge in [-0.15, -0.1) is 0 Å². The number of rotatable bonds is 18. The number of carbonyl (C=O) groups is 1. The van der Waals surface area contributed by atoms with Crippen molar-refractivity contribution in [2.45, 2.75) is 103 Å². The summed E-state index contributed by atoms with van der Waals surface area (Å²) in [6.45, 7) is 5.61. The van der Waals surface area contributed by atoms with Crippen molar-refractivity contribution < 1.29 is 19.5 Å². The molecule has 4 nitrogen and oxygen atoms in total. The minimum absolute atomic E-state index is 0.638. The molecule has 0 amide bonds. The molecule has 0 bridgehead atoms. The van der Waals surface area contributed by atoms with E-state index in [1.54, 1.807) is 6.92 Å². The zero-order valence-corrected chi connectivity index (χ0v) is 17.3. The maximum Gasteiger partial charge on any atom is 0.134 e. The van der Waals surface area contributed by atoms with Crippen LogP contribution in [0.25, 0.3) is 0 Å². The molecule has 0 spiro atoms. The molecular weight excluding hydrogens is 314 g/mol. The number of ether oxygens (including phenoxy) is 1. The number of hydrogen-bond acceptors (Lipinski definition) is 3. The van der Waals surface area contributed by atoms with Crippen molar-refractivity contribution in [3.63, 3.8) is 0 Å². The van der Waals surface area contributed by atoms with Crippen molar-refractivity contribution >= 4 is 5.97 Å². The maximum atomic E-state index is 11.3. The lowest BCUT2D eigenvalue weighted by molar-refractivity contribution is -0.905. The Morgan fingerprint density at radius 1 is 0.840 bits per heavy atom. The number of quaternary nitrogens is 1. The van der Waals surface area contributed by atoms with Crippen molar-refractivity contribution in [3.05, 3.63) is 0 Å². The molecule has 0 heterocycles. The molecule has 0 aliphatic heterocycles. The van der Waals surface area contributed by atoms with Gasteiger partial charge in [-0.05, 0) is 26.2 Å². The molecule has 0 radical (unpaired) electrons. The minimum atomic E-state index is -0.959. The summed E-state index contributed by atoms with van der Waals surface area (Å²) in [5.74, 6) is -0.959. The molecule has 0 saturated heterocycles. The molecule has 0 aliphatic carbocycles. The number of likely N-dealkylation sites (N-methyl/N-ethyl adjacent to an activating group) is 1. The summed E-state index contributed by atoms with van der Waals surface area (Å²) in [5, 5.41) is 11.3. The van der Waals surface area contributed by atoms with Crippen LogP contribution in [0.3, 0.4) is 0 Å². The highest BCUT2D eigenvalue weighted by Gasteiger charge is 2.31. The van der Waals surface area contributed by atoms with Gasteiger partial charge in [0.1, 0.15) is 11.5 Å². The third-order valence-corrected chi connectivity index (χ3v) is 5.41. The fraction of sp³-hybridized carbons (Fsp3) is 0.952. The van der Waals surface area contributed by atoms with Crippen molar-refractivity contribution in [1.29, 1.82) is 0 Å². The Bertz CT molecular complexity index is 320. The van der Waals surface area contributed by atoms with Crippen LogP contribution in [0.5, 0.6) is 0 Å². The average Bonchev–Trinajstić information content (AvgIpc) is 2.57. The zero-order chi connectivity index (χ0) is 19.0. The minimum Gasteiger partial charge on any atom is -0.544 e. The van der Waals surface area contributed by atoms with E-state index in [1.807, 2.05) is 14.1 Å². The molecule has 0 fully saturated rings. The summed E-state index contributed by atoms with van der Waals surface area (Å²) in [6.07, 6.45) is 15.8. The number of carboxylic acids is 1. The predicted octanol–water partition coefficient (Wildman–Crippen LogP) is 2.75. The second-order valence-corrected chi connectivity index (χ2v) is 7.87. The highest BCUT2D eigenvalue weighted by atomic mass is 16.5. The van der Waals surface area contributed by atoms with Crippen LogP contribution in [0.1, 0.15) is 97.3 Å². The molecule has 1 N–H and O–H groups in total. The Morgan fingerprint density at radius 2 is 1.28 bits per heavy atom. The quantitative estimate of drug-likeness (QED) is 0.384. The van der Waals surface area contributed by atoms with E-state index in [-0.39, 0.29) is 0 Å². The van der Waals surface area contributed by atoms with Gasteiger partial charge in [-0.25, -0.2) is 0 Å². The SMILES string of the molecule is CCCCCCCCCCCCOCCCCC(C)(C(=O)[O-])[NH+](C)C. The van der Waals surface area contributed by atoms with Crippen molar-refractivity contribution in [3.8, 4) is 0 Å². The third-order valence-electron chi connectivity index (χ3n) is 5.41. The molecule has 1 atom stereocenters. The van der Waals surface area contributed by atoms with Gasteiger partial charge in [0.15, 0.2) is 0 Å². The number of hydrogen-bond donors (Lipinski definition) is 1. The average molecular weight is 358 g/mol. The molecule has 1 unspecified atom stereocenters. The second-order valence-electron chi connectivity index (χ2n) is 7.87. The van der Waals surface area contributed by atoms with E-state index in [1.165, 1.54) is 57.8 Å². The van der Waals surface area contributed by atoms with Gasteiger partial charge in [-0.1, -0.05) is 64.7 Å². The lowest BCUT2D eigenvalue weighted by Crippen LogP contribution is -3.16. The number of aliphatic carboxylic acids is 1. The largest absolute Gasteiger partial charge is 0.544 e. The molecule has 0 aromatic rings. The summed E-state index contributed by atoms with van der Waals surface area (Å²) >= 11 is 0. The third kappa shape index (κ3) is 12.4. The highest BCUT2D eigenvalue weighted by Crippen LogP contribution is 2.11. The standard InChI is InChI=1S/C21H43NO3/c1-5-6-7-8-9-10-11-12-13-15-18-25-19-16-14-17-21(2,20(23)24)22(3)4/h5-19H2,1-4H3,(H,23,24). The smallest absolute Gasteiger partial charge is 0.134 e. The highest BCUT2D eigenvalue weighted by molar-refractivity contribution is 5.74. The van der Waals surface area contributed by atoms with E-state index in [0.717, 1.165) is 37.4 Å². The maximum absolute atomic E-state index is 11.3. The number of carbonyl (C=O) groups excluding carboxylic acids is 1. The van der Waals surface area contributed by atoms with Gasteiger partial charge in [0.25, 0.3) is 0 Å². The Kier molecular flexibility index (Phi) is 15.2. The Morgan fingerprint density at radius 3 is 1.72 bits per heavy atom. The van der Waals surface area contributed by atoms with E-state index in [4.69, 9.17) is 4.74 Å². The molecule has 0 aliphatic rings. The van der Waals surface area contributed by atoms with Crippen LogP contribution in [0, 0.1) is 0 Å². The van der Waals surface area contributed by atoms with Gasteiger partial charge in [0.2, 0.25) is 0 Å². The lowest BCUT2D eigenvalue weighted by atomic mass is 9.94. The monoisotopic (exact) mass is 357 g/mol. The van der Waals surface area contributed by atoms with Crippen LogP contribution in [0.2, 0.25) is 0 Å². The fourth-order valence-electron chi connectivity index (χ4n) is 3.03. The molecule has 4 heteroatoms. The first-order valence-electron chi connectivity index (χ1n) is 10.5. The summed E-state index contributed by atoms with van der Waals surface area (Å²) in [7, 11) is 3.75. The molecule has 25 heavy (non-hydrogen) atoms. The molecule has 0 aromatic carbocycles. The summed E-state index contributed by atoms with van der Waals surface area (Å²) < 4.78 is 5.67. The first-order valence-corrected chi connectivity index (χ1v) is 10.5. The van der Waals surface area contributed by atoms with Crippen molar-refractivity contribution in [2.24, 2.45) is 0 Å². The first kappa shape index (κ1) is 24.4. The summed E-state index contributed by atoms with van der Waals surface area (Å²) in [6, 6.07) is 0. The number of carboxylic acid groups (broad SMARTS) is 1. The van der Waals surface area contributed by atoms with Crippen LogP contribution >= 0.6 is 0 Å². The lowest BCUT2D eigenvalue weighted by Gasteiger charge is -2.34. The zero-order valence-electron chi connectivity index (χ0n) is 17.3. The van der Waals surface area contributed by atoms with Crippen molar-refractivity contribution in [2.75, 3.05) is 27.3 Å². The molecule has 0 saturated carbocycles. The van der Waals surface area contributed by atoms with Crippen LogP contribution in [0.4, 0.5) is 0 Å². The Hall–Kier alpha value is -0.610. The normalized spacial score (nSPS) is 14.0. The van der Waals surface area contributed by atoms with Crippen LogP contribution in [0.15, 0.2) is 0 Å². The fourth-order valence-corrected chi connectivity index (χ4v) is 3.03. The Labute approximate surface area is 156 Å². The second kappa shape index (κ2) is 15.6. The molecular formula is C21H43NO3. The van der Waals surface area contributed by atoms with Gasteiger partial charge in [-0.2, -0.15) is 0 Å².